The minimum atomic E-state index is -0.548. The number of esters is 2. The number of rotatable bonds is 6. The molecular weight excluding hydrogens is 289 g/mol. The van der Waals surface area contributed by atoms with Crippen LogP contribution in [0.15, 0.2) is 30.0 Å². The Bertz CT molecular complexity index is 582. The number of hydrogen-bond acceptors (Lipinski definition) is 5. The van der Waals surface area contributed by atoms with Gasteiger partial charge in [0.15, 0.2) is 0 Å². The second kappa shape index (κ2) is 8.17. The molecule has 1 rings (SSSR count). The lowest BCUT2D eigenvalue weighted by Gasteiger charge is -2.12. The summed E-state index contributed by atoms with van der Waals surface area (Å²) in [7, 11) is 3.53. The molecule has 0 saturated carbocycles. The van der Waals surface area contributed by atoms with Crippen molar-refractivity contribution in [3.05, 3.63) is 41.4 Å². The third kappa shape index (κ3) is 5.55. The maximum atomic E-state index is 14.1. The van der Waals surface area contributed by atoms with Crippen LogP contribution in [0.3, 0.4) is 0 Å². The second-order valence-corrected chi connectivity index (χ2v) is 4.86. The number of carbonyl (C=O) groups excluding carboxylic acids is 2. The number of ether oxygens (including phenoxy) is 2. The molecule has 0 fully saturated rings. The Morgan fingerprint density at radius 3 is 2.50 bits per heavy atom. The summed E-state index contributed by atoms with van der Waals surface area (Å²) in [5.74, 6) is -1.43. The monoisotopic (exact) mass is 309 g/mol. The van der Waals surface area contributed by atoms with Crippen LogP contribution in [-0.2, 0) is 20.7 Å². The first-order valence-electron chi connectivity index (χ1n) is 6.84. The Kier molecular flexibility index (Phi) is 6.56. The SMILES string of the molecule is CCOC(=O)C(=CN(C)C)Cc1ccc(OC(C)=O)cc1F. The van der Waals surface area contributed by atoms with Crippen molar-refractivity contribution in [1.82, 2.24) is 4.90 Å². The molecule has 0 heterocycles. The minimum absolute atomic E-state index is 0.0865. The van der Waals surface area contributed by atoms with Crippen molar-refractivity contribution in [1.29, 1.82) is 0 Å². The minimum Gasteiger partial charge on any atom is -0.463 e. The Balaban J connectivity index is 2.98. The van der Waals surface area contributed by atoms with Crippen molar-refractivity contribution in [2.24, 2.45) is 0 Å². The van der Waals surface area contributed by atoms with Gasteiger partial charge in [-0.2, -0.15) is 0 Å². The molecule has 0 N–H and O–H groups in total. The van der Waals surface area contributed by atoms with E-state index < -0.39 is 17.8 Å². The molecule has 0 spiro atoms. The van der Waals surface area contributed by atoms with E-state index in [2.05, 4.69) is 0 Å². The highest BCUT2D eigenvalue weighted by atomic mass is 19.1. The predicted octanol–water partition coefficient (Wildman–Crippen LogP) is 2.30. The molecule has 0 amide bonds. The maximum absolute atomic E-state index is 14.1. The van der Waals surface area contributed by atoms with Gasteiger partial charge in [0.25, 0.3) is 0 Å². The van der Waals surface area contributed by atoms with Gasteiger partial charge >= 0.3 is 11.9 Å². The number of nitrogens with zero attached hydrogens (tertiary/aromatic N) is 1. The van der Waals surface area contributed by atoms with Crippen LogP contribution in [-0.4, -0.2) is 37.5 Å². The van der Waals surface area contributed by atoms with Gasteiger partial charge in [0.05, 0.1) is 12.2 Å². The quantitative estimate of drug-likeness (QED) is 0.458. The maximum Gasteiger partial charge on any atom is 0.335 e. The van der Waals surface area contributed by atoms with Gasteiger partial charge in [-0.1, -0.05) is 6.07 Å². The molecule has 0 atom stereocenters. The molecule has 120 valence electrons. The molecule has 6 heteroatoms. The first-order valence-corrected chi connectivity index (χ1v) is 6.84. The van der Waals surface area contributed by atoms with E-state index in [-0.39, 0.29) is 18.8 Å². The first kappa shape index (κ1) is 17.7. The highest BCUT2D eigenvalue weighted by molar-refractivity contribution is 5.88. The molecule has 5 nitrogen and oxygen atoms in total. The molecule has 1 aromatic carbocycles. The lowest BCUT2D eigenvalue weighted by molar-refractivity contribution is -0.138. The predicted molar refractivity (Wildman–Crippen MR) is 79.8 cm³/mol. The van der Waals surface area contributed by atoms with E-state index in [4.69, 9.17) is 9.47 Å². The van der Waals surface area contributed by atoms with Crippen molar-refractivity contribution in [2.75, 3.05) is 20.7 Å². The summed E-state index contributed by atoms with van der Waals surface area (Å²) < 4.78 is 23.8. The standard InChI is InChI=1S/C16H20FNO4/c1-5-21-16(20)13(10-18(3)4)8-12-6-7-14(9-15(12)17)22-11(2)19/h6-7,9-10H,5,8H2,1-4H3. The molecule has 0 unspecified atom stereocenters. The van der Waals surface area contributed by atoms with E-state index >= 15 is 0 Å². The summed E-state index contributed by atoms with van der Waals surface area (Å²) in [6, 6.07) is 4.09. The summed E-state index contributed by atoms with van der Waals surface area (Å²) in [6.45, 7) is 3.20. The van der Waals surface area contributed by atoms with Crippen LogP contribution < -0.4 is 4.74 Å². The summed E-state index contributed by atoms with van der Waals surface area (Å²) in [4.78, 5) is 24.4. The Hall–Kier alpha value is -2.37. The molecule has 0 aliphatic heterocycles. The van der Waals surface area contributed by atoms with E-state index in [0.29, 0.717) is 11.1 Å². The van der Waals surface area contributed by atoms with Crippen LogP contribution in [0.1, 0.15) is 19.4 Å². The molecule has 0 bridgehead atoms. The van der Waals surface area contributed by atoms with Crippen molar-refractivity contribution in [3.63, 3.8) is 0 Å². The van der Waals surface area contributed by atoms with Crippen molar-refractivity contribution in [3.8, 4) is 5.75 Å². The lowest BCUT2D eigenvalue weighted by atomic mass is 10.0. The Labute approximate surface area is 129 Å². The largest absolute Gasteiger partial charge is 0.463 e. The fourth-order valence-corrected chi connectivity index (χ4v) is 1.81. The molecule has 0 aliphatic carbocycles. The van der Waals surface area contributed by atoms with Gasteiger partial charge in [-0.05, 0) is 18.6 Å². The van der Waals surface area contributed by atoms with Gasteiger partial charge < -0.3 is 14.4 Å². The Morgan fingerprint density at radius 1 is 1.32 bits per heavy atom. The normalized spacial score (nSPS) is 11.0. The van der Waals surface area contributed by atoms with Crippen LogP contribution in [0.2, 0.25) is 0 Å². The average molecular weight is 309 g/mol. The van der Waals surface area contributed by atoms with Crippen LogP contribution in [0, 0.1) is 5.82 Å². The molecule has 0 saturated heterocycles. The zero-order valence-corrected chi connectivity index (χ0v) is 13.2. The number of halogens is 1. The van der Waals surface area contributed by atoms with Crippen molar-refractivity contribution >= 4 is 11.9 Å². The van der Waals surface area contributed by atoms with Crippen LogP contribution in [0.25, 0.3) is 0 Å². The third-order valence-corrected chi connectivity index (χ3v) is 2.62. The molecule has 0 aliphatic rings. The van der Waals surface area contributed by atoms with Gasteiger partial charge in [0.2, 0.25) is 0 Å². The van der Waals surface area contributed by atoms with Crippen molar-refractivity contribution < 1.29 is 23.5 Å². The van der Waals surface area contributed by atoms with Gasteiger partial charge in [-0.25, -0.2) is 9.18 Å². The molecule has 22 heavy (non-hydrogen) atoms. The van der Waals surface area contributed by atoms with E-state index in [1.807, 2.05) is 0 Å². The van der Waals surface area contributed by atoms with E-state index in [1.165, 1.54) is 19.1 Å². The Morgan fingerprint density at radius 2 is 2.00 bits per heavy atom. The molecule has 1 aromatic rings. The van der Waals surface area contributed by atoms with E-state index in [1.54, 1.807) is 32.1 Å². The lowest BCUT2D eigenvalue weighted by Crippen LogP contribution is -2.14. The smallest absolute Gasteiger partial charge is 0.335 e. The zero-order chi connectivity index (χ0) is 16.7. The highest BCUT2D eigenvalue weighted by Gasteiger charge is 2.15. The summed E-state index contributed by atoms with van der Waals surface area (Å²) in [5, 5.41) is 0. The van der Waals surface area contributed by atoms with E-state index in [9.17, 15) is 14.0 Å². The topological polar surface area (TPSA) is 55.8 Å². The highest BCUT2D eigenvalue weighted by Crippen LogP contribution is 2.20. The zero-order valence-electron chi connectivity index (χ0n) is 13.2. The first-order chi connectivity index (χ1) is 10.3. The molecule has 0 radical (unpaired) electrons. The summed E-state index contributed by atoms with van der Waals surface area (Å²) >= 11 is 0. The number of carbonyl (C=O) groups is 2. The van der Waals surface area contributed by atoms with Gasteiger partial charge in [0.1, 0.15) is 11.6 Å². The number of benzene rings is 1. The fourth-order valence-electron chi connectivity index (χ4n) is 1.81. The van der Waals surface area contributed by atoms with Crippen molar-refractivity contribution in [2.45, 2.75) is 20.3 Å². The number of hydrogen-bond donors (Lipinski definition) is 0. The van der Waals surface area contributed by atoms with Gasteiger partial charge in [0, 0.05) is 39.7 Å². The second-order valence-electron chi connectivity index (χ2n) is 4.86. The van der Waals surface area contributed by atoms with Crippen LogP contribution in [0.4, 0.5) is 4.39 Å². The van der Waals surface area contributed by atoms with Crippen LogP contribution >= 0.6 is 0 Å². The third-order valence-electron chi connectivity index (χ3n) is 2.62. The average Bonchev–Trinajstić information content (AvgIpc) is 2.40. The van der Waals surface area contributed by atoms with Crippen LogP contribution in [0.5, 0.6) is 5.75 Å². The fraction of sp³-hybridized carbons (Fsp3) is 0.375. The molecular formula is C16H20FNO4. The van der Waals surface area contributed by atoms with Gasteiger partial charge in [-0.15, -0.1) is 0 Å². The van der Waals surface area contributed by atoms with E-state index in [0.717, 1.165) is 6.07 Å². The molecule has 0 aromatic heterocycles. The summed E-state index contributed by atoms with van der Waals surface area (Å²) in [5.41, 5.74) is 0.656. The summed E-state index contributed by atoms with van der Waals surface area (Å²) in [6.07, 6.45) is 1.68. The van der Waals surface area contributed by atoms with Gasteiger partial charge in [-0.3, -0.25) is 4.79 Å².